The monoisotopic (exact) mass is 521 g/mol. The van der Waals surface area contributed by atoms with Gasteiger partial charge in [-0.2, -0.15) is 0 Å². The molecule has 11 nitrogen and oxygen atoms in total. The number of carbonyl (C=O) groups excluding carboxylic acids is 3. The third-order valence-corrected chi connectivity index (χ3v) is 7.27. The van der Waals surface area contributed by atoms with Crippen molar-refractivity contribution in [1.29, 1.82) is 0 Å². The van der Waals surface area contributed by atoms with E-state index in [-0.39, 0.29) is 34.4 Å². The van der Waals surface area contributed by atoms with Gasteiger partial charge in [-0.3, -0.25) is 9.59 Å². The summed E-state index contributed by atoms with van der Waals surface area (Å²) in [7, 11) is 7.68. The van der Waals surface area contributed by atoms with E-state index in [9.17, 15) is 19.5 Å². The Hall–Kier alpha value is -4.35. The number of nitrogens with zero attached hydrogens (tertiary/aromatic N) is 1. The average Bonchev–Trinajstić information content (AvgIpc) is 3.46. The molecule has 2 aromatic carbocycles. The topological polar surface area (TPSA) is 139 Å². The number of aromatic nitrogens is 1. The zero-order chi connectivity index (χ0) is 27.5. The molecule has 0 saturated carbocycles. The van der Waals surface area contributed by atoms with Crippen LogP contribution in [0.5, 0.6) is 23.0 Å². The Morgan fingerprint density at radius 1 is 1.11 bits per heavy atom. The Morgan fingerprint density at radius 3 is 2.45 bits per heavy atom. The van der Waals surface area contributed by atoms with E-state index in [0.717, 1.165) is 0 Å². The highest BCUT2D eigenvalue weighted by Gasteiger charge is 2.52. The number of fused-ring (bicyclic) bond motifs is 4. The highest BCUT2D eigenvalue weighted by molar-refractivity contribution is 6.27. The fraction of sp³-hybridized carbons (Fsp3) is 0.346. The second kappa shape index (κ2) is 8.89. The Labute approximate surface area is 219 Å². The van der Waals surface area contributed by atoms with Crippen LogP contribution in [0.2, 0.25) is 5.82 Å². The third kappa shape index (κ3) is 3.47. The molecule has 0 bridgehead atoms. The number of aromatic amines is 1. The Morgan fingerprint density at radius 2 is 1.82 bits per heavy atom. The van der Waals surface area contributed by atoms with E-state index < -0.39 is 17.3 Å². The van der Waals surface area contributed by atoms with Crippen LogP contribution in [0.3, 0.4) is 0 Å². The quantitative estimate of drug-likeness (QED) is 0.199. The fourth-order valence-electron chi connectivity index (χ4n) is 5.45. The standard InChI is InChI=1S/C26H28BN3O8/c1-26(25(34)38-5)23(32)18-13-8-12(27)10-30(15(13)9-16(31)20(18)29-26)24(33)14-6-11-7-17(35-2)21(36-3)22(37-4)19(11)28-14/h6-7,9,12,28-29,31H,8,10,27H2,1-5H3/t12-,26+/m0/s1. The summed E-state index contributed by atoms with van der Waals surface area (Å²) < 4.78 is 21.3. The number of aromatic hydroxyl groups is 1. The van der Waals surface area contributed by atoms with Crippen molar-refractivity contribution in [2.45, 2.75) is 24.7 Å². The maximum Gasteiger partial charge on any atom is 0.339 e. The normalized spacial score (nSPS) is 20.0. The van der Waals surface area contributed by atoms with Gasteiger partial charge >= 0.3 is 5.97 Å². The minimum absolute atomic E-state index is 0.00280. The molecule has 38 heavy (non-hydrogen) atoms. The SMILES string of the molecule is B[C@H]1Cc2c(cc(O)c3c2C(=O)[C@](C)(C(=O)OC)N3)N(C(=O)c2cc3cc(OC)c(OC)c(OC)c3[nH]2)C1. The second-order valence-corrected chi connectivity index (χ2v) is 9.73. The van der Waals surface area contributed by atoms with Gasteiger partial charge in [-0.15, -0.1) is 0 Å². The van der Waals surface area contributed by atoms with E-state index >= 15 is 0 Å². The number of esters is 1. The van der Waals surface area contributed by atoms with Crippen LogP contribution in [0.25, 0.3) is 10.9 Å². The number of rotatable bonds is 5. The summed E-state index contributed by atoms with van der Waals surface area (Å²) in [6, 6.07) is 4.89. The van der Waals surface area contributed by atoms with Gasteiger partial charge in [0.05, 0.1) is 50.9 Å². The molecule has 0 saturated heterocycles. The molecule has 2 aliphatic rings. The number of phenols is 1. The minimum atomic E-state index is -1.68. The smallest absolute Gasteiger partial charge is 0.339 e. The van der Waals surface area contributed by atoms with Crippen LogP contribution in [0.4, 0.5) is 11.4 Å². The molecule has 198 valence electrons. The summed E-state index contributed by atoms with van der Waals surface area (Å²) in [4.78, 5) is 44.5. The summed E-state index contributed by atoms with van der Waals surface area (Å²) in [5.74, 6) is -0.640. The molecule has 2 aliphatic heterocycles. The van der Waals surface area contributed by atoms with E-state index in [1.807, 2.05) is 7.85 Å². The van der Waals surface area contributed by atoms with Crippen molar-refractivity contribution in [1.82, 2.24) is 4.98 Å². The van der Waals surface area contributed by atoms with Gasteiger partial charge in [-0.05, 0) is 36.9 Å². The first-order valence-electron chi connectivity index (χ1n) is 12.0. The molecule has 2 atom stereocenters. The lowest BCUT2D eigenvalue weighted by Crippen LogP contribution is -2.47. The number of ether oxygens (including phenoxy) is 4. The molecular weight excluding hydrogens is 493 g/mol. The Bertz CT molecular complexity index is 1520. The van der Waals surface area contributed by atoms with Crippen LogP contribution < -0.4 is 24.4 Å². The van der Waals surface area contributed by atoms with Gasteiger partial charge in [0.2, 0.25) is 11.5 Å². The number of amides is 1. The predicted molar refractivity (Wildman–Crippen MR) is 142 cm³/mol. The number of methoxy groups -OCH3 is 4. The van der Waals surface area contributed by atoms with E-state index in [1.165, 1.54) is 46.3 Å². The molecular formula is C26H28BN3O8. The summed E-state index contributed by atoms with van der Waals surface area (Å²) in [6.45, 7) is 1.78. The van der Waals surface area contributed by atoms with E-state index in [1.54, 1.807) is 12.1 Å². The lowest BCUT2D eigenvalue weighted by Gasteiger charge is -2.34. The number of anilines is 2. The maximum atomic E-state index is 13.9. The van der Waals surface area contributed by atoms with Gasteiger partial charge in [0.25, 0.3) is 5.91 Å². The van der Waals surface area contributed by atoms with Crippen LogP contribution in [0, 0.1) is 0 Å². The number of H-pyrrole nitrogens is 1. The molecule has 5 rings (SSSR count). The number of benzene rings is 2. The first-order valence-corrected chi connectivity index (χ1v) is 12.0. The van der Waals surface area contributed by atoms with Gasteiger partial charge < -0.3 is 39.3 Å². The Balaban J connectivity index is 1.63. The zero-order valence-corrected chi connectivity index (χ0v) is 22.0. The largest absolute Gasteiger partial charge is 0.506 e. The predicted octanol–water partition coefficient (Wildman–Crippen LogP) is 2.06. The number of ketones is 1. The van der Waals surface area contributed by atoms with Crippen molar-refractivity contribution < 1.29 is 38.4 Å². The highest BCUT2D eigenvalue weighted by atomic mass is 16.5. The number of phenolic OH excluding ortho intramolecular Hbond substituents is 1. The molecule has 0 unspecified atom stereocenters. The summed E-state index contributed by atoms with van der Waals surface area (Å²) in [5, 5.41) is 14.4. The molecule has 1 amide bonds. The summed E-state index contributed by atoms with van der Waals surface area (Å²) in [5.41, 5.74) is 0.524. The van der Waals surface area contributed by atoms with Crippen molar-refractivity contribution in [2.75, 3.05) is 45.2 Å². The molecule has 0 aliphatic carbocycles. The van der Waals surface area contributed by atoms with Crippen molar-refractivity contribution in [3.8, 4) is 23.0 Å². The van der Waals surface area contributed by atoms with Crippen molar-refractivity contribution in [2.24, 2.45) is 0 Å². The van der Waals surface area contributed by atoms with Gasteiger partial charge in [-0.1, -0.05) is 0 Å². The van der Waals surface area contributed by atoms with Gasteiger partial charge in [0.15, 0.2) is 17.0 Å². The second-order valence-electron chi connectivity index (χ2n) is 9.73. The van der Waals surface area contributed by atoms with Crippen LogP contribution >= 0.6 is 0 Å². The molecule has 0 fully saturated rings. The summed E-state index contributed by atoms with van der Waals surface area (Å²) in [6.07, 6.45) is 0.487. The maximum absolute atomic E-state index is 13.9. The lowest BCUT2D eigenvalue weighted by molar-refractivity contribution is -0.143. The number of Topliss-reactive ketones (excluding diaryl/α,β-unsaturated/α-hetero) is 1. The zero-order valence-electron chi connectivity index (χ0n) is 22.0. The molecule has 3 heterocycles. The molecule has 0 radical (unpaired) electrons. The van der Waals surface area contributed by atoms with Crippen molar-refractivity contribution >= 4 is 47.8 Å². The number of nitrogens with one attached hydrogen (secondary N) is 2. The summed E-state index contributed by atoms with van der Waals surface area (Å²) >= 11 is 0. The minimum Gasteiger partial charge on any atom is -0.506 e. The average molecular weight is 521 g/mol. The molecule has 1 aromatic heterocycles. The fourth-order valence-corrected chi connectivity index (χ4v) is 5.45. The van der Waals surface area contributed by atoms with E-state index in [4.69, 9.17) is 18.9 Å². The molecule has 12 heteroatoms. The molecule has 3 aromatic rings. The Kier molecular flexibility index (Phi) is 5.92. The van der Waals surface area contributed by atoms with Gasteiger partial charge in [-0.25, -0.2) is 4.79 Å². The van der Waals surface area contributed by atoms with Crippen molar-refractivity contribution in [3.63, 3.8) is 0 Å². The number of hydrogen-bond donors (Lipinski definition) is 3. The number of hydrogen-bond acceptors (Lipinski definition) is 9. The van der Waals surface area contributed by atoms with Crippen LogP contribution in [-0.4, -0.2) is 76.1 Å². The first kappa shape index (κ1) is 25.3. The number of carbonyl (C=O) groups is 3. The van der Waals surface area contributed by atoms with Crippen LogP contribution in [0.15, 0.2) is 18.2 Å². The van der Waals surface area contributed by atoms with Gasteiger partial charge in [0, 0.05) is 18.0 Å². The molecule has 3 N–H and O–H groups in total. The van der Waals surface area contributed by atoms with Crippen molar-refractivity contribution in [3.05, 3.63) is 35.0 Å². The third-order valence-electron chi connectivity index (χ3n) is 7.27. The lowest BCUT2D eigenvalue weighted by atomic mass is 9.76. The van der Waals surface area contributed by atoms with Crippen LogP contribution in [0.1, 0.15) is 33.3 Å². The van der Waals surface area contributed by atoms with Gasteiger partial charge in [0.1, 0.15) is 19.3 Å². The van der Waals surface area contributed by atoms with E-state index in [0.29, 0.717) is 52.4 Å². The molecule has 0 spiro atoms. The first-order chi connectivity index (χ1) is 18.1. The van der Waals surface area contributed by atoms with E-state index in [2.05, 4.69) is 10.3 Å². The van der Waals surface area contributed by atoms with Crippen LogP contribution in [-0.2, 0) is 16.0 Å². The highest BCUT2D eigenvalue weighted by Crippen LogP contribution is 2.48.